The fourth-order valence-corrected chi connectivity index (χ4v) is 6.50. The number of hydrogen-bond donors (Lipinski definition) is 1. The van der Waals surface area contributed by atoms with Crippen LogP contribution in [0.25, 0.3) is 0 Å². The van der Waals surface area contributed by atoms with Crippen LogP contribution in [0.5, 0.6) is 0 Å². The highest BCUT2D eigenvalue weighted by Gasteiger charge is 2.29. The van der Waals surface area contributed by atoms with E-state index in [2.05, 4.69) is 37.4 Å². The molecule has 1 aliphatic carbocycles. The van der Waals surface area contributed by atoms with Gasteiger partial charge >= 0.3 is 0 Å². The van der Waals surface area contributed by atoms with Crippen LogP contribution in [-0.4, -0.2) is 31.7 Å². The first-order valence-corrected chi connectivity index (χ1v) is 13.8. The molecule has 0 saturated carbocycles. The summed E-state index contributed by atoms with van der Waals surface area (Å²) in [5.41, 5.74) is 5.14. The normalized spacial score (nSPS) is 18.5. The first kappa shape index (κ1) is 24.0. The Bertz CT molecular complexity index is 1120. The first-order chi connectivity index (χ1) is 15.8. The van der Waals surface area contributed by atoms with Gasteiger partial charge in [0, 0.05) is 18.7 Å². The summed E-state index contributed by atoms with van der Waals surface area (Å²) in [6.45, 7) is 7.15. The molecule has 1 N–H and O–H groups in total. The number of carbonyl (C=O) groups is 1. The number of nitrogens with one attached hydrogen (secondary N) is 1. The van der Waals surface area contributed by atoms with Crippen LogP contribution < -0.4 is 5.32 Å². The molecule has 1 aliphatic heterocycles. The third-order valence-electron chi connectivity index (χ3n) is 7.32. The van der Waals surface area contributed by atoms with E-state index in [0.717, 1.165) is 43.2 Å². The monoisotopic (exact) mass is 468 g/mol. The van der Waals surface area contributed by atoms with Crippen LogP contribution in [0, 0.1) is 12.8 Å². The van der Waals surface area contributed by atoms with E-state index in [1.807, 2.05) is 6.92 Å². The van der Waals surface area contributed by atoms with Crippen LogP contribution in [0.2, 0.25) is 0 Å². The van der Waals surface area contributed by atoms with E-state index in [-0.39, 0.29) is 16.8 Å². The molecular weight excluding hydrogens is 432 g/mol. The SMILES string of the molecule is CCC(NC(=O)c1cc(S(=O)(=O)N2CCC(C)CC2)ccc1C)c1ccc2c(c1)CCCC2. The highest BCUT2D eigenvalue weighted by atomic mass is 32.2. The molecule has 2 aromatic carbocycles. The van der Waals surface area contributed by atoms with Crippen LogP contribution in [0.4, 0.5) is 0 Å². The Labute approximate surface area is 198 Å². The summed E-state index contributed by atoms with van der Waals surface area (Å²) in [6, 6.07) is 11.4. The van der Waals surface area contributed by atoms with Gasteiger partial charge in [-0.1, -0.05) is 38.1 Å². The van der Waals surface area contributed by atoms with Gasteiger partial charge in [-0.25, -0.2) is 8.42 Å². The molecule has 33 heavy (non-hydrogen) atoms. The second-order valence-corrected chi connectivity index (χ2v) is 11.7. The number of benzene rings is 2. The van der Waals surface area contributed by atoms with Crippen LogP contribution in [0.15, 0.2) is 41.3 Å². The number of amides is 1. The highest BCUT2D eigenvalue weighted by Crippen LogP contribution is 2.28. The molecule has 1 unspecified atom stereocenters. The van der Waals surface area contributed by atoms with Crippen LogP contribution >= 0.6 is 0 Å². The molecule has 0 bridgehead atoms. The summed E-state index contributed by atoms with van der Waals surface area (Å²) in [5, 5.41) is 3.16. The van der Waals surface area contributed by atoms with Gasteiger partial charge in [0.25, 0.3) is 5.91 Å². The van der Waals surface area contributed by atoms with Crippen LogP contribution in [0.3, 0.4) is 0 Å². The second-order valence-electron chi connectivity index (χ2n) is 9.73. The molecule has 6 heteroatoms. The second kappa shape index (κ2) is 9.98. The summed E-state index contributed by atoms with van der Waals surface area (Å²) >= 11 is 0. The predicted octanol–water partition coefficient (Wildman–Crippen LogP) is 5.18. The first-order valence-electron chi connectivity index (χ1n) is 12.3. The number of piperidine rings is 1. The van der Waals surface area contributed by atoms with E-state index < -0.39 is 10.0 Å². The van der Waals surface area contributed by atoms with Gasteiger partial charge in [-0.15, -0.1) is 0 Å². The van der Waals surface area contributed by atoms with Crippen molar-refractivity contribution in [2.24, 2.45) is 5.92 Å². The predicted molar refractivity (Wildman–Crippen MR) is 132 cm³/mol. The van der Waals surface area contributed by atoms with Gasteiger partial charge in [0.05, 0.1) is 10.9 Å². The largest absolute Gasteiger partial charge is 0.345 e. The molecule has 0 radical (unpaired) electrons. The molecule has 1 fully saturated rings. The maximum atomic E-state index is 13.3. The molecule has 0 spiro atoms. The molecule has 2 aliphatic rings. The fraction of sp³-hybridized carbons (Fsp3) is 0.519. The Kier molecular flexibility index (Phi) is 7.25. The fourth-order valence-electron chi connectivity index (χ4n) is 5.01. The number of carbonyl (C=O) groups excluding carboxylic acids is 1. The van der Waals surface area contributed by atoms with Crippen molar-refractivity contribution >= 4 is 15.9 Å². The van der Waals surface area contributed by atoms with Crippen molar-refractivity contribution in [2.45, 2.75) is 76.7 Å². The highest BCUT2D eigenvalue weighted by molar-refractivity contribution is 7.89. The average molecular weight is 469 g/mol. The third-order valence-corrected chi connectivity index (χ3v) is 9.22. The Morgan fingerprint density at radius 1 is 1.06 bits per heavy atom. The summed E-state index contributed by atoms with van der Waals surface area (Å²) in [4.78, 5) is 13.5. The van der Waals surface area contributed by atoms with Gasteiger partial charge in [0.2, 0.25) is 10.0 Å². The molecule has 0 aromatic heterocycles. The smallest absolute Gasteiger partial charge is 0.252 e. The number of aryl methyl sites for hydroxylation is 3. The van der Waals surface area contributed by atoms with Gasteiger partial charge in [-0.3, -0.25) is 4.79 Å². The standard InChI is InChI=1S/C27H36N2O3S/c1-4-26(23-11-10-21-7-5-6-8-22(21)17-23)28-27(30)25-18-24(12-9-20(25)3)33(31,32)29-15-13-19(2)14-16-29/h9-12,17-19,26H,4-8,13-16H2,1-3H3,(H,28,30). The molecular formula is C27H36N2O3S. The van der Waals surface area contributed by atoms with Gasteiger partial charge < -0.3 is 5.32 Å². The number of sulfonamides is 1. The molecule has 1 heterocycles. The molecule has 1 atom stereocenters. The molecule has 178 valence electrons. The minimum Gasteiger partial charge on any atom is -0.345 e. The summed E-state index contributed by atoms with van der Waals surface area (Å²) in [7, 11) is -3.60. The van der Waals surface area contributed by atoms with Gasteiger partial charge in [0.1, 0.15) is 0 Å². The number of fused-ring (bicyclic) bond motifs is 1. The van der Waals surface area contributed by atoms with Crippen LogP contribution in [0.1, 0.15) is 84.6 Å². The van der Waals surface area contributed by atoms with Crippen molar-refractivity contribution in [3.05, 3.63) is 64.2 Å². The zero-order chi connectivity index (χ0) is 23.6. The lowest BCUT2D eigenvalue weighted by Crippen LogP contribution is -2.38. The average Bonchev–Trinajstić information content (AvgIpc) is 2.82. The summed E-state index contributed by atoms with van der Waals surface area (Å²) < 4.78 is 28.0. The number of rotatable bonds is 6. The zero-order valence-electron chi connectivity index (χ0n) is 20.1. The number of hydrogen-bond acceptors (Lipinski definition) is 3. The lowest BCUT2D eigenvalue weighted by atomic mass is 9.88. The van der Waals surface area contributed by atoms with Gasteiger partial charge in [-0.05, 0) is 92.2 Å². The summed E-state index contributed by atoms with van der Waals surface area (Å²) in [6.07, 6.45) is 7.21. The molecule has 5 nitrogen and oxygen atoms in total. The van der Waals surface area contributed by atoms with Crippen molar-refractivity contribution in [3.8, 4) is 0 Å². The minimum atomic E-state index is -3.60. The lowest BCUT2D eigenvalue weighted by Gasteiger charge is -2.29. The molecule has 1 saturated heterocycles. The maximum absolute atomic E-state index is 13.3. The quantitative estimate of drug-likeness (QED) is 0.636. The molecule has 2 aromatic rings. The van der Waals surface area contributed by atoms with Crippen LogP contribution in [-0.2, 0) is 22.9 Å². The Morgan fingerprint density at radius 2 is 1.76 bits per heavy atom. The van der Waals surface area contributed by atoms with Crippen molar-refractivity contribution in [2.75, 3.05) is 13.1 Å². The van der Waals surface area contributed by atoms with E-state index >= 15 is 0 Å². The van der Waals surface area contributed by atoms with E-state index in [9.17, 15) is 13.2 Å². The third kappa shape index (κ3) is 5.17. The van der Waals surface area contributed by atoms with E-state index in [1.54, 1.807) is 22.5 Å². The van der Waals surface area contributed by atoms with E-state index in [0.29, 0.717) is 24.6 Å². The van der Waals surface area contributed by atoms with Crippen molar-refractivity contribution < 1.29 is 13.2 Å². The molecule has 1 amide bonds. The van der Waals surface area contributed by atoms with Crippen molar-refractivity contribution in [3.63, 3.8) is 0 Å². The number of nitrogens with zero attached hydrogens (tertiary/aromatic N) is 1. The van der Waals surface area contributed by atoms with Crippen molar-refractivity contribution in [1.82, 2.24) is 9.62 Å². The van der Waals surface area contributed by atoms with Gasteiger partial charge in [-0.2, -0.15) is 4.31 Å². The van der Waals surface area contributed by atoms with E-state index in [4.69, 9.17) is 0 Å². The molecule has 4 rings (SSSR count). The zero-order valence-corrected chi connectivity index (χ0v) is 20.9. The van der Waals surface area contributed by atoms with Gasteiger partial charge in [0.15, 0.2) is 0 Å². The van der Waals surface area contributed by atoms with Crippen molar-refractivity contribution in [1.29, 1.82) is 0 Å². The topological polar surface area (TPSA) is 66.5 Å². The lowest BCUT2D eigenvalue weighted by molar-refractivity contribution is 0.0934. The Hall–Kier alpha value is -2.18. The Morgan fingerprint density at radius 3 is 2.45 bits per heavy atom. The Balaban J connectivity index is 1.55. The summed E-state index contributed by atoms with van der Waals surface area (Å²) in [5.74, 6) is 0.326. The minimum absolute atomic E-state index is 0.104. The van der Waals surface area contributed by atoms with E-state index in [1.165, 1.54) is 24.0 Å². The maximum Gasteiger partial charge on any atom is 0.252 e.